The molecule has 3 N–H and O–H groups in total. The SMILES string of the molecule is CN(CCNC(=O)NC[C@H]1CC[C@@H]2[C@H](O1)c1cc(C(F)(F)F)ccc1N[C@H]2C1C=CC=CC1)C(=O)OC(C)(C)C. The van der Waals surface area contributed by atoms with Gasteiger partial charge in [-0.05, 0) is 58.2 Å². The van der Waals surface area contributed by atoms with Crippen molar-refractivity contribution in [2.24, 2.45) is 11.8 Å². The fourth-order valence-electron chi connectivity index (χ4n) is 5.45. The lowest BCUT2D eigenvalue weighted by Crippen LogP contribution is -2.49. The highest BCUT2D eigenvalue weighted by atomic mass is 19.4. The standard InChI is InChI=1S/C29H39F3N4O4/c1-28(2,3)40-27(38)36(4)15-14-33-26(37)34-17-20-11-12-21-24(18-8-6-5-7-9-18)35-23-13-10-19(29(30,31)32)16-22(23)25(21)39-20/h5-8,10,13,16,18,20-21,24-25,35H,9,11-12,14-15,17H2,1-4H3,(H2,33,34,37)/t18?,20-,21+,24+,25+/m1/s1. The van der Waals surface area contributed by atoms with Gasteiger partial charge < -0.3 is 30.3 Å². The molecule has 11 heteroatoms. The van der Waals surface area contributed by atoms with Crippen LogP contribution in [0.25, 0.3) is 0 Å². The van der Waals surface area contributed by atoms with Crippen LogP contribution in [0.5, 0.6) is 0 Å². The Morgan fingerprint density at radius 3 is 2.60 bits per heavy atom. The minimum atomic E-state index is -4.45. The number of benzene rings is 1. The van der Waals surface area contributed by atoms with Gasteiger partial charge in [0.1, 0.15) is 5.60 Å². The largest absolute Gasteiger partial charge is 0.444 e. The third kappa shape index (κ3) is 7.50. The third-order valence-corrected chi connectivity index (χ3v) is 7.42. The monoisotopic (exact) mass is 564 g/mol. The number of ether oxygens (including phenoxy) is 2. The van der Waals surface area contributed by atoms with Gasteiger partial charge in [0.15, 0.2) is 0 Å². The second-order valence-electron chi connectivity index (χ2n) is 11.6. The molecule has 2 aliphatic heterocycles. The van der Waals surface area contributed by atoms with Crippen molar-refractivity contribution in [3.8, 4) is 0 Å². The van der Waals surface area contributed by atoms with E-state index in [-0.39, 0.29) is 43.6 Å². The molecule has 3 amide bonds. The second kappa shape index (κ2) is 12.1. The number of carbonyl (C=O) groups is 2. The first kappa shape index (κ1) is 29.8. The van der Waals surface area contributed by atoms with E-state index < -0.39 is 35.6 Å². The first-order chi connectivity index (χ1) is 18.8. The molecule has 0 aromatic heterocycles. The summed E-state index contributed by atoms with van der Waals surface area (Å²) in [4.78, 5) is 25.8. The van der Waals surface area contributed by atoms with E-state index in [0.717, 1.165) is 18.9 Å². The van der Waals surface area contributed by atoms with Crippen LogP contribution in [0.3, 0.4) is 0 Å². The Balaban J connectivity index is 1.36. The zero-order valence-corrected chi connectivity index (χ0v) is 23.4. The van der Waals surface area contributed by atoms with Crippen molar-refractivity contribution < 1.29 is 32.2 Å². The minimum absolute atomic E-state index is 0.00870. The van der Waals surface area contributed by atoms with Crippen molar-refractivity contribution in [1.82, 2.24) is 15.5 Å². The Kier molecular flexibility index (Phi) is 9.02. The van der Waals surface area contributed by atoms with E-state index in [9.17, 15) is 22.8 Å². The first-order valence-corrected chi connectivity index (χ1v) is 13.7. The fraction of sp³-hybridized carbons (Fsp3) is 0.586. The highest BCUT2D eigenvalue weighted by molar-refractivity contribution is 5.74. The number of carbonyl (C=O) groups excluding carboxylic acids is 2. The Bertz CT molecular complexity index is 1130. The number of urea groups is 1. The van der Waals surface area contributed by atoms with E-state index >= 15 is 0 Å². The summed E-state index contributed by atoms with van der Waals surface area (Å²) in [6.45, 7) is 6.05. The number of nitrogens with zero attached hydrogens (tertiary/aromatic N) is 1. The number of hydrogen-bond acceptors (Lipinski definition) is 5. The van der Waals surface area contributed by atoms with Gasteiger partial charge in [0.25, 0.3) is 0 Å². The number of allylic oxidation sites excluding steroid dienone is 3. The Hall–Kier alpha value is -3.21. The van der Waals surface area contributed by atoms with Crippen LogP contribution in [0.4, 0.5) is 28.4 Å². The molecule has 4 rings (SSSR count). The van der Waals surface area contributed by atoms with Gasteiger partial charge in [0.05, 0.1) is 17.8 Å². The van der Waals surface area contributed by atoms with Crippen LogP contribution in [0, 0.1) is 11.8 Å². The predicted molar refractivity (Wildman–Crippen MR) is 146 cm³/mol. The molecule has 0 saturated carbocycles. The Morgan fingerprint density at radius 1 is 1.15 bits per heavy atom. The number of alkyl halides is 3. The van der Waals surface area contributed by atoms with Crippen molar-refractivity contribution in [2.75, 3.05) is 32.0 Å². The topological polar surface area (TPSA) is 91.9 Å². The summed E-state index contributed by atoms with van der Waals surface area (Å²) in [5.41, 5.74) is -0.151. The van der Waals surface area contributed by atoms with Gasteiger partial charge in [0.2, 0.25) is 0 Å². The molecule has 1 fully saturated rings. The number of nitrogens with one attached hydrogen (secondary N) is 3. The van der Waals surface area contributed by atoms with Gasteiger partial charge in [-0.3, -0.25) is 0 Å². The van der Waals surface area contributed by atoms with Crippen LogP contribution in [0.2, 0.25) is 0 Å². The van der Waals surface area contributed by atoms with Crippen molar-refractivity contribution in [1.29, 1.82) is 0 Å². The molecule has 0 radical (unpaired) electrons. The van der Waals surface area contributed by atoms with Crippen LogP contribution in [0.1, 0.15) is 57.3 Å². The molecule has 8 nitrogen and oxygen atoms in total. The molecule has 3 aliphatic rings. The number of likely N-dealkylation sites (N-methyl/N-ethyl adjacent to an activating group) is 1. The molecule has 1 aliphatic carbocycles. The fourth-order valence-corrected chi connectivity index (χ4v) is 5.45. The highest BCUT2D eigenvalue weighted by Gasteiger charge is 2.45. The molecule has 0 spiro atoms. The lowest BCUT2D eigenvalue weighted by atomic mass is 9.73. The third-order valence-electron chi connectivity index (χ3n) is 7.42. The summed E-state index contributed by atoms with van der Waals surface area (Å²) < 4.78 is 52.3. The number of rotatable bonds is 6. The maximum atomic E-state index is 13.5. The molecule has 1 saturated heterocycles. The molecule has 1 aromatic rings. The number of halogens is 3. The predicted octanol–water partition coefficient (Wildman–Crippen LogP) is 5.63. The van der Waals surface area contributed by atoms with Crippen molar-refractivity contribution in [3.63, 3.8) is 0 Å². The van der Waals surface area contributed by atoms with Crippen LogP contribution in [-0.2, 0) is 15.7 Å². The average Bonchev–Trinajstić information content (AvgIpc) is 2.90. The van der Waals surface area contributed by atoms with Crippen molar-refractivity contribution in [3.05, 3.63) is 53.6 Å². The molecule has 0 bridgehead atoms. The van der Waals surface area contributed by atoms with Crippen LogP contribution in [0.15, 0.2) is 42.5 Å². The summed E-state index contributed by atoms with van der Waals surface area (Å²) in [6.07, 6.45) is 4.72. The second-order valence-corrected chi connectivity index (χ2v) is 11.6. The van der Waals surface area contributed by atoms with Crippen molar-refractivity contribution in [2.45, 2.75) is 70.1 Å². The van der Waals surface area contributed by atoms with E-state index in [1.807, 2.05) is 12.2 Å². The molecular weight excluding hydrogens is 525 g/mol. The zero-order chi connectivity index (χ0) is 29.1. The zero-order valence-electron chi connectivity index (χ0n) is 23.4. The quantitative estimate of drug-likeness (QED) is 0.416. The molecular formula is C29H39F3N4O4. The number of fused-ring (bicyclic) bond motifs is 3. The highest BCUT2D eigenvalue weighted by Crippen LogP contribution is 2.49. The smallest absolute Gasteiger partial charge is 0.416 e. The summed E-state index contributed by atoms with van der Waals surface area (Å²) in [5.74, 6) is 0.196. The van der Waals surface area contributed by atoms with Crippen LogP contribution in [-0.4, -0.2) is 61.5 Å². The summed E-state index contributed by atoms with van der Waals surface area (Å²) in [5, 5.41) is 9.02. The van der Waals surface area contributed by atoms with Gasteiger partial charge in [-0.1, -0.05) is 24.3 Å². The molecule has 220 valence electrons. The molecule has 2 heterocycles. The van der Waals surface area contributed by atoms with Crippen LogP contribution >= 0.6 is 0 Å². The molecule has 40 heavy (non-hydrogen) atoms. The number of hydrogen-bond donors (Lipinski definition) is 3. The van der Waals surface area contributed by atoms with Gasteiger partial charge in [-0.25, -0.2) is 9.59 Å². The maximum absolute atomic E-state index is 13.5. The first-order valence-electron chi connectivity index (χ1n) is 13.7. The molecule has 1 unspecified atom stereocenters. The van der Waals surface area contributed by atoms with E-state index in [1.54, 1.807) is 27.8 Å². The van der Waals surface area contributed by atoms with Gasteiger partial charge in [-0.15, -0.1) is 0 Å². The van der Waals surface area contributed by atoms with Gasteiger partial charge in [0, 0.05) is 55.8 Å². The lowest BCUT2D eigenvalue weighted by Gasteiger charge is -2.47. The maximum Gasteiger partial charge on any atom is 0.416 e. The summed E-state index contributed by atoms with van der Waals surface area (Å²) in [7, 11) is 1.59. The van der Waals surface area contributed by atoms with E-state index in [4.69, 9.17) is 9.47 Å². The lowest BCUT2D eigenvalue weighted by molar-refractivity contribution is -0.138. The van der Waals surface area contributed by atoms with E-state index in [0.29, 0.717) is 17.7 Å². The normalized spacial score (nSPS) is 25.7. The molecule has 1 aromatic carbocycles. The van der Waals surface area contributed by atoms with Gasteiger partial charge >= 0.3 is 18.3 Å². The Labute approximate surface area is 233 Å². The Morgan fingerprint density at radius 2 is 1.93 bits per heavy atom. The molecule has 5 atom stereocenters. The number of anilines is 1. The van der Waals surface area contributed by atoms with E-state index in [2.05, 4.69) is 28.1 Å². The summed E-state index contributed by atoms with van der Waals surface area (Å²) in [6, 6.07) is 3.40. The summed E-state index contributed by atoms with van der Waals surface area (Å²) >= 11 is 0. The average molecular weight is 565 g/mol. The minimum Gasteiger partial charge on any atom is -0.444 e. The van der Waals surface area contributed by atoms with E-state index in [1.165, 1.54) is 17.0 Å². The number of amides is 3. The van der Waals surface area contributed by atoms with Crippen LogP contribution < -0.4 is 16.0 Å². The van der Waals surface area contributed by atoms with Gasteiger partial charge in [-0.2, -0.15) is 13.2 Å². The van der Waals surface area contributed by atoms with Crippen molar-refractivity contribution >= 4 is 17.8 Å².